The average molecular weight is 432 g/mol. The molecule has 30 heavy (non-hydrogen) atoms. The van der Waals surface area contributed by atoms with E-state index >= 15 is 0 Å². The molecule has 1 N–H and O–H groups in total. The lowest BCUT2D eigenvalue weighted by Crippen LogP contribution is -2.45. The molecule has 1 aliphatic carbocycles. The highest BCUT2D eigenvalue weighted by Gasteiger charge is 2.73. The van der Waals surface area contributed by atoms with Crippen LogP contribution in [0.4, 0.5) is 4.79 Å². The highest BCUT2D eigenvalue weighted by Crippen LogP contribution is 2.56. The highest BCUT2D eigenvalue weighted by atomic mass is 32.2. The van der Waals surface area contributed by atoms with Crippen molar-refractivity contribution in [3.63, 3.8) is 0 Å². The molecule has 1 amide bonds. The molecule has 0 unspecified atom stereocenters. The van der Waals surface area contributed by atoms with Gasteiger partial charge in [-0.25, -0.2) is 13.2 Å². The molecule has 0 spiro atoms. The van der Waals surface area contributed by atoms with Gasteiger partial charge in [-0.05, 0) is 50.6 Å². The van der Waals surface area contributed by atoms with Crippen LogP contribution in [0.25, 0.3) is 0 Å². The molecular formula is C22H25NO6S. The van der Waals surface area contributed by atoms with Crippen molar-refractivity contribution in [1.29, 1.82) is 0 Å². The van der Waals surface area contributed by atoms with Crippen LogP contribution in [-0.4, -0.2) is 44.3 Å². The maximum absolute atomic E-state index is 13.4. The first-order valence-electron chi connectivity index (χ1n) is 9.45. The smallest absolute Gasteiger partial charge is 0.408 e. The lowest BCUT2D eigenvalue weighted by Gasteiger charge is -2.22. The molecule has 7 nitrogen and oxygen atoms in total. The number of hydrogen-bond donors (Lipinski definition) is 1. The van der Waals surface area contributed by atoms with Gasteiger partial charge < -0.3 is 19.6 Å². The Morgan fingerprint density at radius 2 is 1.67 bits per heavy atom. The molecule has 0 radical (unpaired) electrons. The molecule has 1 saturated carbocycles. The van der Waals surface area contributed by atoms with E-state index in [2.05, 4.69) is 5.32 Å². The van der Waals surface area contributed by atoms with E-state index in [1.807, 2.05) is 0 Å². The normalized spacial score (nSPS) is 23.3. The van der Waals surface area contributed by atoms with Crippen molar-refractivity contribution in [2.75, 3.05) is 7.11 Å². The van der Waals surface area contributed by atoms with Gasteiger partial charge in [0.05, 0.1) is 12.0 Å². The lowest BCUT2D eigenvalue weighted by molar-refractivity contribution is -0.110. The van der Waals surface area contributed by atoms with E-state index in [0.29, 0.717) is 17.6 Å². The Morgan fingerprint density at radius 1 is 1.07 bits per heavy atom. The monoisotopic (exact) mass is 431 g/mol. The number of carbonyl (C=O) groups excluding carboxylic acids is 2. The molecule has 3 rings (SSSR count). The summed E-state index contributed by atoms with van der Waals surface area (Å²) in [4.78, 5) is 24.8. The van der Waals surface area contributed by atoms with E-state index in [1.165, 1.54) is 19.2 Å². The van der Waals surface area contributed by atoms with Crippen LogP contribution >= 0.6 is 0 Å². The van der Waals surface area contributed by atoms with Gasteiger partial charge in [-0.3, -0.25) is 0 Å². The molecule has 0 aliphatic heterocycles. The number of alkyl carbamates (subject to hydrolysis) is 1. The van der Waals surface area contributed by atoms with Crippen LogP contribution in [0.2, 0.25) is 0 Å². The zero-order chi connectivity index (χ0) is 22.2. The second-order valence-corrected chi connectivity index (χ2v) is 10.3. The van der Waals surface area contributed by atoms with E-state index in [4.69, 9.17) is 9.47 Å². The zero-order valence-electron chi connectivity index (χ0n) is 17.3. The minimum atomic E-state index is -3.92. The first kappa shape index (κ1) is 21.8. The second-order valence-electron chi connectivity index (χ2n) is 8.21. The van der Waals surface area contributed by atoms with Gasteiger partial charge in [-0.2, -0.15) is 0 Å². The topological polar surface area (TPSA) is 98.8 Å². The standard InChI is InChI=1S/C22H25NO6S/c1-21(2,3)29-20(25)23-22(14-24)18(15-10-12-16(28-4)13-11-15)19(22)30(26,27)17-8-6-5-7-9-17/h5-14,18-19H,1-4H3,(H,23,25)/t18-,19-,22-/m0/s1. The summed E-state index contributed by atoms with van der Waals surface area (Å²) in [5.74, 6) is -0.169. The fourth-order valence-corrected chi connectivity index (χ4v) is 5.89. The SMILES string of the molecule is COc1ccc([C@H]2[C@H](S(=O)(=O)c3ccccc3)[C@@]2(C=O)NC(=O)OC(C)(C)C)cc1. The number of ether oxygens (including phenoxy) is 2. The fraction of sp³-hybridized carbons (Fsp3) is 0.364. The molecule has 8 heteroatoms. The number of methoxy groups -OCH3 is 1. The van der Waals surface area contributed by atoms with E-state index in [9.17, 15) is 18.0 Å². The molecule has 0 aromatic heterocycles. The Balaban J connectivity index is 2.04. The Labute approximate surface area is 176 Å². The third-order valence-corrected chi connectivity index (χ3v) is 7.23. The van der Waals surface area contributed by atoms with Crippen LogP contribution < -0.4 is 10.1 Å². The Morgan fingerprint density at radius 3 is 2.17 bits per heavy atom. The van der Waals surface area contributed by atoms with Crippen LogP contribution in [0.5, 0.6) is 5.75 Å². The van der Waals surface area contributed by atoms with Gasteiger partial charge in [0.25, 0.3) is 0 Å². The molecule has 0 heterocycles. The van der Waals surface area contributed by atoms with Gasteiger partial charge in [-0.15, -0.1) is 0 Å². The summed E-state index contributed by atoms with van der Waals surface area (Å²) in [7, 11) is -2.40. The lowest BCUT2D eigenvalue weighted by atomic mass is 10.1. The molecule has 3 atom stereocenters. The molecule has 1 aliphatic rings. The van der Waals surface area contributed by atoms with Crippen molar-refractivity contribution >= 4 is 22.2 Å². The van der Waals surface area contributed by atoms with Crippen molar-refractivity contribution in [2.45, 2.75) is 48.0 Å². The maximum Gasteiger partial charge on any atom is 0.408 e. The van der Waals surface area contributed by atoms with Crippen molar-refractivity contribution in [2.24, 2.45) is 0 Å². The quantitative estimate of drug-likeness (QED) is 0.706. The van der Waals surface area contributed by atoms with E-state index in [-0.39, 0.29) is 4.90 Å². The summed E-state index contributed by atoms with van der Waals surface area (Å²) in [6.45, 7) is 5.06. The molecule has 160 valence electrons. The van der Waals surface area contributed by atoms with E-state index < -0.39 is 38.2 Å². The van der Waals surface area contributed by atoms with Crippen LogP contribution in [0.15, 0.2) is 59.5 Å². The maximum atomic E-state index is 13.4. The summed E-state index contributed by atoms with van der Waals surface area (Å²) in [6.07, 6.45) is -0.351. The molecule has 2 aromatic rings. The minimum Gasteiger partial charge on any atom is -0.497 e. The molecule has 0 bridgehead atoms. The van der Waals surface area contributed by atoms with Crippen LogP contribution in [0, 0.1) is 0 Å². The predicted molar refractivity (Wildman–Crippen MR) is 111 cm³/mol. The Kier molecular flexibility index (Phi) is 5.64. The van der Waals surface area contributed by atoms with Gasteiger partial charge in [0.2, 0.25) is 0 Å². The van der Waals surface area contributed by atoms with Crippen LogP contribution in [0.3, 0.4) is 0 Å². The van der Waals surface area contributed by atoms with Crippen molar-refractivity contribution < 1.29 is 27.5 Å². The first-order chi connectivity index (χ1) is 14.0. The van der Waals surface area contributed by atoms with Crippen molar-refractivity contribution in [1.82, 2.24) is 5.32 Å². The fourth-order valence-electron chi connectivity index (χ4n) is 3.63. The van der Waals surface area contributed by atoms with E-state index in [1.54, 1.807) is 63.2 Å². The summed E-state index contributed by atoms with van der Waals surface area (Å²) >= 11 is 0. The highest BCUT2D eigenvalue weighted by molar-refractivity contribution is 7.92. The minimum absolute atomic E-state index is 0.0863. The van der Waals surface area contributed by atoms with Crippen molar-refractivity contribution in [3.05, 3.63) is 60.2 Å². The van der Waals surface area contributed by atoms with Gasteiger partial charge in [0, 0.05) is 5.92 Å². The first-order valence-corrected chi connectivity index (χ1v) is 11.0. The number of amides is 1. The molecular weight excluding hydrogens is 406 g/mol. The summed E-state index contributed by atoms with van der Waals surface area (Å²) in [5, 5.41) is 1.38. The number of sulfone groups is 1. The number of benzene rings is 2. The number of rotatable bonds is 6. The molecule has 2 aromatic carbocycles. The summed E-state index contributed by atoms with van der Waals surface area (Å²) in [5.41, 5.74) is -1.83. The molecule has 1 fully saturated rings. The summed E-state index contributed by atoms with van der Waals surface area (Å²) < 4.78 is 37.2. The number of hydrogen-bond acceptors (Lipinski definition) is 6. The van der Waals surface area contributed by atoms with Crippen LogP contribution in [0.1, 0.15) is 32.3 Å². The van der Waals surface area contributed by atoms with Gasteiger partial charge in [0.1, 0.15) is 28.4 Å². The average Bonchev–Trinajstić information content (AvgIpc) is 3.36. The Hall–Kier alpha value is -2.87. The van der Waals surface area contributed by atoms with Gasteiger partial charge in [0.15, 0.2) is 9.84 Å². The summed E-state index contributed by atoms with van der Waals surface area (Å²) in [6, 6.07) is 14.6. The third kappa shape index (κ3) is 4.05. The number of nitrogens with one attached hydrogen (secondary N) is 1. The molecule has 0 saturated heterocycles. The number of aldehydes is 1. The second kappa shape index (κ2) is 7.75. The van der Waals surface area contributed by atoms with E-state index in [0.717, 1.165) is 0 Å². The predicted octanol–water partition coefficient (Wildman–Crippen LogP) is 3.10. The number of carbonyl (C=O) groups is 2. The van der Waals surface area contributed by atoms with Gasteiger partial charge >= 0.3 is 6.09 Å². The largest absolute Gasteiger partial charge is 0.497 e. The van der Waals surface area contributed by atoms with Gasteiger partial charge in [-0.1, -0.05) is 30.3 Å². The zero-order valence-corrected chi connectivity index (χ0v) is 18.1. The van der Waals surface area contributed by atoms with Crippen LogP contribution in [-0.2, 0) is 19.4 Å². The van der Waals surface area contributed by atoms with Crippen molar-refractivity contribution in [3.8, 4) is 5.75 Å². The Bertz CT molecular complexity index is 1030. The third-order valence-electron chi connectivity index (χ3n) is 4.97.